The van der Waals surface area contributed by atoms with Crippen LogP contribution in [-0.4, -0.2) is 20.6 Å². The minimum atomic E-state index is -0.927. The molecule has 17 heavy (non-hydrogen) atoms. The highest BCUT2D eigenvalue weighted by Gasteiger charge is 2.15. The van der Waals surface area contributed by atoms with Crippen LogP contribution in [0.1, 0.15) is 10.4 Å². The molecule has 0 atom stereocenters. The molecule has 0 saturated carbocycles. The van der Waals surface area contributed by atoms with E-state index >= 15 is 0 Å². The van der Waals surface area contributed by atoms with E-state index in [9.17, 15) is 9.90 Å². The summed E-state index contributed by atoms with van der Waals surface area (Å²) in [4.78, 5) is 15.5. The van der Waals surface area contributed by atoms with Crippen molar-refractivity contribution in [2.75, 3.05) is 0 Å². The number of aromatic carboxylic acids is 1. The van der Waals surface area contributed by atoms with Crippen LogP contribution in [0.3, 0.4) is 0 Å². The molecular formula is C13H10N2O2. The fourth-order valence-corrected chi connectivity index (χ4v) is 2.25. The molecule has 4 heteroatoms. The molecule has 0 saturated heterocycles. The maximum Gasteiger partial charge on any atom is 0.337 e. The van der Waals surface area contributed by atoms with E-state index in [-0.39, 0.29) is 5.56 Å². The van der Waals surface area contributed by atoms with Crippen molar-refractivity contribution in [1.82, 2.24) is 9.55 Å². The van der Waals surface area contributed by atoms with Crippen molar-refractivity contribution in [3.05, 3.63) is 42.1 Å². The lowest BCUT2D eigenvalue weighted by Gasteiger charge is -2.00. The summed E-state index contributed by atoms with van der Waals surface area (Å²) in [6.07, 6.45) is 1.54. The van der Waals surface area contributed by atoms with Gasteiger partial charge in [0, 0.05) is 18.6 Å². The van der Waals surface area contributed by atoms with Gasteiger partial charge in [-0.15, -0.1) is 0 Å². The first-order valence-electron chi connectivity index (χ1n) is 5.25. The van der Waals surface area contributed by atoms with Crippen LogP contribution in [0.5, 0.6) is 0 Å². The summed E-state index contributed by atoms with van der Waals surface area (Å²) in [5.74, 6) is -0.927. The molecule has 4 nitrogen and oxygen atoms in total. The second-order valence-corrected chi connectivity index (χ2v) is 3.94. The summed E-state index contributed by atoms with van der Waals surface area (Å²) in [5.41, 5.74) is 2.68. The molecule has 1 aromatic carbocycles. The first-order valence-corrected chi connectivity index (χ1v) is 5.25. The van der Waals surface area contributed by atoms with Gasteiger partial charge in [-0.05, 0) is 12.1 Å². The quantitative estimate of drug-likeness (QED) is 0.693. The van der Waals surface area contributed by atoms with Crippen LogP contribution in [0.25, 0.3) is 21.9 Å². The normalized spacial score (nSPS) is 11.1. The molecule has 3 aromatic rings. The molecule has 1 N–H and O–H groups in total. The third-order valence-corrected chi connectivity index (χ3v) is 3.01. The van der Waals surface area contributed by atoms with Gasteiger partial charge in [0.2, 0.25) is 0 Å². The van der Waals surface area contributed by atoms with E-state index in [2.05, 4.69) is 4.98 Å². The van der Waals surface area contributed by atoms with Crippen LogP contribution in [0.15, 0.2) is 36.5 Å². The molecule has 0 unspecified atom stereocenters. The second-order valence-electron chi connectivity index (χ2n) is 3.94. The minimum absolute atomic E-state index is 0.286. The van der Waals surface area contributed by atoms with Gasteiger partial charge in [0.1, 0.15) is 0 Å². The van der Waals surface area contributed by atoms with E-state index in [1.807, 2.05) is 35.9 Å². The highest BCUT2D eigenvalue weighted by molar-refractivity contribution is 6.12. The maximum absolute atomic E-state index is 11.2. The van der Waals surface area contributed by atoms with Crippen LogP contribution in [0.2, 0.25) is 0 Å². The summed E-state index contributed by atoms with van der Waals surface area (Å²) >= 11 is 0. The van der Waals surface area contributed by atoms with Gasteiger partial charge in [-0.2, -0.15) is 0 Å². The number of rotatable bonds is 1. The van der Waals surface area contributed by atoms with Gasteiger partial charge in [-0.1, -0.05) is 18.2 Å². The molecule has 0 fully saturated rings. The van der Waals surface area contributed by atoms with E-state index in [1.54, 1.807) is 0 Å². The Morgan fingerprint density at radius 1 is 1.29 bits per heavy atom. The number of aryl methyl sites for hydroxylation is 1. The van der Waals surface area contributed by atoms with Gasteiger partial charge in [0.15, 0.2) is 0 Å². The van der Waals surface area contributed by atoms with Crippen molar-refractivity contribution in [3.63, 3.8) is 0 Å². The predicted octanol–water partition coefficient (Wildman–Crippen LogP) is 2.42. The Labute approximate surface area is 97.1 Å². The van der Waals surface area contributed by atoms with Crippen LogP contribution in [0, 0.1) is 0 Å². The van der Waals surface area contributed by atoms with Gasteiger partial charge < -0.3 is 9.67 Å². The molecule has 0 spiro atoms. The standard InChI is InChI=1S/C13H10N2O2/c1-15-10-5-3-2-4-8(10)11-12(15)9(13(16)17)6-7-14-11/h2-7H,1H3,(H,16,17). The highest BCUT2D eigenvalue weighted by atomic mass is 16.4. The van der Waals surface area contributed by atoms with E-state index in [4.69, 9.17) is 0 Å². The first kappa shape index (κ1) is 9.84. The fraction of sp³-hybridized carbons (Fsp3) is 0.0769. The number of carboxylic acids is 1. The highest BCUT2D eigenvalue weighted by Crippen LogP contribution is 2.28. The van der Waals surface area contributed by atoms with Gasteiger partial charge in [-0.25, -0.2) is 4.79 Å². The van der Waals surface area contributed by atoms with Crippen LogP contribution in [-0.2, 0) is 7.05 Å². The van der Waals surface area contributed by atoms with Crippen LogP contribution in [0.4, 0.5) is 0 Å². The smallest absolute Gasteiger partial charge is 0.337 e. The summed E-state index contributed by atoms with van der Waals surface area (Å²) in [6.45, 7) is 0. The Morgan fingerprint density at radius 3 is 2.82 bits per heavy atom. The number of carbonyl (C=O) groups is 1. The Kier molecular flexibility index (Phi) is 1.92. The zero-order valence-electron chi connectivity index (χ0n) is 9.21. The number of carboxylic acid groups (broad SMARTS) is 1. The van der Waals surface area contributed by atoms with Crippen molar-refractivity contribution in [2.24, 2.45) is 7.05 Å². The zero-order chi connectivity index (χ0) is 12.0. The van der Waals surface area contributed by atoms with Gasteiger partial charge >= 0.3 is 5.97 Å². The van der Waals surface area contributed by atoms with Crippen molar-refractivity contribution < 1.29 is 9.90 Å². The number of hydrogen-bond acceptors (Lipinski definition) is 2. The number of benzene rings is 1. The van der Waals surface area contributed by atoms with Crippen LogP contribution < -0.4 is 0 Å². The van der Waals surface area contributed by atoms with Crippen molar-refractivity contribution in [3.8, 4) is 0 Å². The minimum Gasteiger partial charge on any atom is -0.478 e. The lowest BCUT2D eigenvalue weighted by atomic mass is 10.2. The SMILES string of the molecule is Cn1c2ccccc2c2nccc(C(=O)O)c21. The molecule has 0 aliphatic carbocycles. The topological polar surface area (TPSA) is 55.1 Å². The fourth-order valence-electron chi connectivity index (χ4n) is 2.25. The molecule has 0 aliphatic heterocycles. The molecule has 3 rings (SSSR count). The largest absolute Gasteiger partial charge is 0.478 e. The monoisotopic (exact) mass is 226 g/mol. The van der Waals surface area contributed by atoms with E-state index in [0.29, 0.717) is 5.52 Å². The Morgan fingerprint density at radius 2 is 2.06 bits per heavy atom. The molecule has 0 amide bonds. The van der Waals surface area contributed by atoms with Crippen molar-refractivity contribution in [2.45, 2.75) is 0 Å². The second kappa shape index (κ2) is 3.31. The molecule has 84 valence electrons. The lowest BCUT2D eigenvalue weighted by molar-refractivity contribution is 0.0698. The number of aromatic nitrogens is 2. The Hall–Kier alpha value is -2.36. The lowest BCUT2D eigenvalue weighted by Crippen LogP contribution is -2.01. The van der Waals surface area contributed by atoms with Crippen LogP contribution >= 0.6 is 0 Å². The number of para-hydroxylation sites is 1. The average Bonchev–Trinajstić information content (AvgIpc) is 2.64. The number of fused-ring (bicyclic) bond motifs is 3. The Bertz CT molecular complexity index is 744. The summed E-state index contributed by atoms with van der Waals surface area (Å²) in [6, 6.07) is 9.31. The molecule has 2 aromatic heterocycles. The van der Waals surface area contributed by atoms with Crippen molar-refractivity contribution in [1.29, 1.82) is 0 Å². The molecule has 0 radical (unpaired) electrons. The van der Waals surface area contributed by atoms with Gasteiger partial charge in [0.05, 0.1) is 22.1 Å². The zero-order valence-corrected chi connectivity index (χ0v) is 9.21. The van der Waals surface area contributed by atoms with E-state index < -0.39 is 5.97 Å². The molecule has 2 heterocycles. The van der Waals surface area contributed by atoms with E-state index in [0.717, 1.165) is 16.4 Å². The summed E-state index contributed by atoms with van der Waals surface area (Å²) in [7, 11) is 1.86. The summed E-state index contributed by atoms with van der Waals surface area (Å²) in [5, 5.41) is 10.2. The number of hydrogen-bond donors (Lipinski definition) is 1. The average molecular weight is 226 g/mol. The molecule has 0 bridgehead atoms. The number of pyridine rings is 1. The maximum atomic E-state index is 11.2. The van der Waals surface area contributed by atoms with Gasteiger partial charge in [-0.3, -0.25) is 4.98 Å². The van der Waals surface area contributed by atoms with E-state index in [1.165, 1.54) is 12.3 Å². The summed E-state index contributed by atoms with van der Waals surface area (Å²) < 4.78 is 1.88. The third-order valence-electron chi connectivity index (χ3n) is 3.01. The number of nitrogens with zero attached hydrogens (tertiary/aromatic N) is 2. The van der Waals surface area contributed by atoms with Gasteiger partial charge in [0.25, 0.3) is 0 Å². The predicted molar refractivity (Wildman–Crippen MR) is 65.2 cm³/mol. The van der Waals surface area contributed by atoms with Crippen molar-refractivity contribution >= 4 is 27.9 Å². The molecule has 0 aliphatic rings. The molecular weight excluding hydrogens is 216 g/mol. The Balaban J connectivity index is 2.61. The first-order chi connectivity index (χ1) is 8.20. The third kappa shape index (κ3) is 1.24.